The lowest BCUT2D eigenvalue weighted by Gasteiger charge is -2.42. The molecule has 0 N–H and O–H groups in total. The number of barbiturate groups is 1. The minimum Gasteiger partial charge on any atom is -0.461 e. The lowest BCUT2D eigenvalue weighted by atomic mass is 9.78. The molecule has 3 heterocycles. The van der Waals surface area contributed by atoms with Crippen LogP contribution in [0.3, 0.4) is 0 Å². The number of urea groups is 1. The Morgan fingerprint density at radius 1 is 0.897 bits per heavy atom. The summed E-state index contributed by atoms with van der Waals surface area (Å²) >= 11 is 0. The average molecular weight is 412 g/mol. The molecule has 0 aromatic rings. The van der Waals surface area contributed by atoms with Crippen molar-refractivity contribution in [3.05, 3.63) is 0 Å². The molecule has 0 radical (unpaired) electrons. The molecule has 11 nitrogen and oxygen atoms in total. The zero-order chi connectivity index (χ0) is 21.2. The molecule has 0 aromatic heterocycles. The second-order valence-corrected chi connectivity index (χ2v) is 7.13. The van der Waals surface area contributed by atoms with Crippen molar-refractivity contribution in [1.29, 1.82) is 0 Å². The van der Waals surface area contributed by atoms with Crippen molar-refractivity contribution in [1.82, 2.24) is 9.80 Å². The number of nitrogens with zero attached hydrogens (tertiary/aromatic N) is 2. The van der Waals surface area contributed by atoms with E-state index in [1.165, 1.54) is 0 Å². The Bertz CT molecular complexity index is 656. The molecule has 2 unspecified atom stereocenters. The van der Waals surface area contributed by atoms with E-state index in [4.69, 9.17) is 18.9 Å². The fourth-order valence-corrected chi connectivity index (χ4v) is 3.11. The Kier molecular flexibility index (Phi) is 6.18. The lowest BCUT2D eigenvalue weighted by Crippen LogP contribution is -2.66. The smallest absolute Gasteiger partial charge is 0.334 e. The summed E-state index contributed by atoms with van der Waals surface area (Å²) in [5.74, 6) is -3.14. The van der Waals surface area contributed by atoms with Gasteiger partial charge in [-0.2, -0.15) is 0 Å². The topological polar surface area (TPSA) is 135 Å². The predicted molar refractivity (Wildman–Crippen MR) is 93.2 cm³/mol. The van der Waals surface area contributed by atoms with Crippen LogP contribution in [-0.2, 0) is 38.1 Å². The van der Waals surface area contributed by atoms with Gasteiger partial charge in [0.25, 0.3) is 0 Å². The molecule has 3 fully saturated rings. The zero-order valence-corrected chi connectivity index (χ0v) is 16.4. The van der Waals surface area contributed by atoms with Gasteiger partial charge in [-0.3, -0.25) is 29.0 Å². The first-order valence-electron chi connectivity index (χ1n) is 9.54. The van der Waals surface area contributed by atoms with Crippen molar-refractivity contribution in [2.45, 2.75) is 38.9 Å². The predicted octanol–water partition coefficient (Wildman–Crippen LogP) is -0.532. The van der Waals surface area contributed by atoms with Gasteiger partial charge in [0, 0.05) is 0 Å². The van der Waals surface area contributed by atoms with Crippen molar-refractivity contribution >= 4 is 29.8 Å². The van der Waals surface area contributed by atoms with Crippen molar-refractivity contribution in [3.63, 3.8) is 0 Å². The van der Waals surface area contributed by atoms with Crippen LogP contribution in [0.4, 0.5) is 4.79 Å². The number of esters is 2. The molecule has 0 saturated carbocycles. The largest absolute Gasteiger partial charge is 0.461 e. The van der Waals surface area contributed by atoms with Crippen LogP contribution >= 0.6 is 0 Å². The van der Waals surface area contributed by atoms with Gasteiger partial charge in [0.05, 0.1) is 13.2 Å². The van der Waals surface area contributed by atoms with E-state index in [0.29, 0.717) is 23.0 Å². The highest BCUT2D eigenvalue weighted by molar-refractivity contribution is 6.20. The molecule has 3 aliphatic rings. The van der Waals surface area contributed by atoms with Crippen LogP contribution in [-0.4, -0.2) is 91.3 Å². The summed E-state index contributed by atoms with van der Waals surface area (Å²) < 4.78 is 19.9. The number of rotatable bonds is 10. The van der Waals surface area contributed by atoms with E-state index in [-0.39, 0.29) is 38.3 Å². The molecule has 0 spiro atoms. The zero-order valence-electron chi connectivity index (χ0n) is 16.4. The van der Waals surface area contributed by atoms with Gasteiger partial charge in [-0.25, -0.2) is 4.79 Å². The van der Waals surface area contributed by atoms with Crippen LogP contribution in [0.2, 0.25) is 0 Å². The molecule has 3 rings (SSSR count). The molecule has 2 atom stereocenters. The average Bonchev–Trinajstić information content (AvgIpc) is 3.61. The highest BCUT2D eigenvalue weighted by atomic mass is 16.6. The second kappa shape index (κ2) is 8.46. The number of epoxide rings is 2. The third-order valence-electron chi connectivity index (χ3n) is 5.22. The standard InChI is InChI=1S/C18H24N2O9/c1-3-18(4-2)15(23)19(5-13(21)28-9-11-7-26-11)17(25)20(16(18)24)6-14(22)29-10-12-8-27-12/h11-12H,3-10H2,1-2H3. The maximum absolute atomic E-state index is 13.0. The minimum absolute atomic E-state index is 0.0277. The Morgan fingerprint density at radius 3 is 1.59 bits per heavy atom. The number of ether oxygens (including phenoxy) is 4. The summed E-state index contributed by atoms with van der Waals surface area (Å²) in [5, 5.41) is 0. The fourth-order valence-electron chi connectivity index (χ4n) is 3.11. The van der Waals surface area contributed by atoms with Crippen LogP contribution in [0, 0.1) is 5.41 Å². The van der Waals surface area contributed by atoms with Gasteiger partial charge in [-0.15, -0.1) is 0 Å². The maximum Gasteiger partial charge on any atom is 0.334 e. The Hall–Kier alpha value is -2.53. The molecule has 11 heteroatoms. The van der Waals surface area contributed by atoms with Crippen molar-refractivity contribution in [2.24, 2.45) is 5.41 Å². The van der Waals surface area contributed by atoms with Gasteiger partial charge in [0.15, 0.2) is 0 Å². The summed E-state index contributed by atoms with van der Waals surface area (Å²) in [7, 11) is 0. The van der Waals surface area contributed by atoms with Crippen LogP contribution in [0.15, 0.2) is 0 Å². The first kappa shape index (κ1) is 21.2. The molecule has 4 amide bonds. The number of carbonyl (C=O) groups is 5. The Labute approximate surface area is 167 Å². The van der Waals surface area contributed by atoms with Crippen molar-refractivity contribution < 1.29 is 42.9 Å². The monoisotopic (exact) mass is 412 g/mol. The van der Waals surface area contributed by atoms with E-state index < -0.39 is 48.3 Å². The van der Waals surface area contributed by atoms with E-state index in [0.717, 1.165) is 0 Å². The van der Waals surface area contributed by atoms with Crippen LogP contribution in [0.25, 0.3) is 0 Å². The molecule has 3 aliphatic heterocycles. The van der Waals surface area contributed by atoms with E-state index in [1.807, 2.05) is 0 Å². The van der Waals surface area contributed by atoms with Crippen LogP contribution in [0.1, 0.15) is 26.7 Å². The molecule has 160 valence electrons. The Balaban J connectivity index is 1.73. The molecule has 3 saturated heterocycles. The van der Waals surface area contributed by atoms with E-state index in [1.54, 1.807) is 13.8 Å². The molecule has 0 aromatic carbocycles. The Morgan fingerprint density at radius 2 is 1.28 bits per heavy atom. The fraction of sp³-hybridized carbons (Fsp3) is 0.722. The molecule has 29 heavy (non-hydrogen) atoms. The normalized spacial score (nSPS) is 25.1. The molecular formula is C18H24N2O9. The first-order valence-corrected chi connectivity index (χ1v) is 9.54. The third kappa shape index (κ3) is 4.56. The van der Waals surface area contributed by atoms with Crippen molar-refractivity contribution in [3.8, 4) is 0 Å². The maximum atomic E-state index is 13.0. The van der Waals surface area contributed by atoms with E-state index in [9.17, 15) is 24.0 Å². The van der Waals surface area contributed by atoms with Crippen LogP contribution < -0.4 is 0 Å². The van der Waals surface area contributed by atoms with Gasteiger partial charge in [0.2, 0.25) is 11.8 Å². The van der Waals surface area contributed by atoms with Crippen LogP contribution in [0.5, 0.6) is 0 Å². The number of imide groups is 2. The summed E-state index contributed by atoms with van der Waals surface area (Å²) in [6.07, 6.45) is -0.116. The van der Waals surface area contributed by atoms with E-state index in [2.05, 4.69) is 0 Å². The number of hydrogen-bond donors (Lipinski definition) is 0. The highest BCUT2D eigenvalue weighted by Gasteiger charge is 2.56. The number of hydrogen-bond acceptors (Lipinski definition) is 9. The van der Waals surface area contributed by atoms with E-state index >= 15 is 0 Å². The summed E-state index contributed by atoms with van der Waals surface area (Å²) in [5.41, 5.74) is -1.53. The van der Waals surface area contributed by atoms with Gasteiger partial charge in [0.1, 0.15) is 43.9 Å². The second-order valence-electron chi connectivity index (χ2n) is 7.13. The highest BCUT2D eigenvalue weighted by Crippen LogP contribution is 2.36. The van der Waals surface area contributed by atoms with Gasteiger partial charge in [-0.1, -0.05) is 13.8 Å². The molecular weight excluding hydrogens is 388 g/mol. The summed E-state index contributed by atoms with van der Waals surface area (Å²) in [6, 6.07) is -1.04. The quantitative estimate of drug-likeness (QED) is 0.263. The van der Waals surface area contributed by atoms with Crippen molar-refractivity contribution in [2.75, 3.05) is 39.5 Å². The minimum atomic E-state index is -1.53. The SMILES string of the molecule is CCC1(CC)C(=O)N(CC(=O)OCC2CO2)C(=O)N(CC(=O)OCC2CO2)C1=O. The van der Waals surface area contributed by atoms with Gasteiger partial charge >= 0.3 is 18.0 Å². The lowest BCUT2D eigenvalue weighted by molar-refractivity contribution is -0.166. The third-order valence-corrected chi connectivity index (χ3v) is 5.22. The first-order chi connectivity index (χ1) is 13.8. The molecule has 0 bridgehead atoms. The number of amides is 4. The van der Waals surface area contributed by atoms with Gasteiger partial charge < -0.3 is 18.9 Å². The summed E-state index contributed by atoms with van der Waals surface area (Å²) in [6.45, 7) is 3.00. The number of carbonyl (C=O) groups excluding carboxylic acids is 5. The van der Waals surface area contributed by atoms with Gasteiger partial charge in [-0.05, 0) is 12.8 Å². The molecule has 0 aliphatic carbocycles. The summed E-state index contributed by atoms with van der Waals surface area (Å²) in [4.78, 5) is 64.2.